The van der Waals surface area contributed by atoms with Crippen molar-refractivity contribution in [3.8, 4) is 0 Å². The topological polar surface area (TPSA) is 78.7 Å². The molecule has 2 rings (SSSR count). The molecule has 2 aromatic rings. The van der Waals surface area contributed by atoms with Gasteiger partial charge in [-0.2, -0.15) is 0 Å². The molecule has 2 heterocycles. The van der Waals surface area contributed by atoms with Crippen LogP contribution < -0.4 is 10.8 Å². The summed E-state index contributed by atoms with van der Waals surface area (Å²) in [6.07, 6.45) is 1.96. The minimum atomic E-state index is -0.495. The van der Waals surface area contributed by atoms with Gasteiger partial charge in [0.1, 0.15) is 11.5 Å². The second-order valence-corrected chi connectivity index (χ2v) is 6.77. The van der Waals surface area contributed by atoms with Crippen LogP contribution in [0.15, 0.2) is 18.3 Å². The van der Waals surface area contributed by atoms with Crippen molar-refractivity contribution < 1.29 is 10.0 Å². The summed E-state index contributed by atoms with van der Waals surface area (Å²) < 4.78 is 3.00. The number of fused-ring (bicyclic) bond motifs is 1. The number of halogens is 1. The molecule has 0 fully saturated rings. The van der Waals surface area contributed by atoms with Crippen molar-refractivity contribution >= 4 is 40.0 Å². The number of rotatable bonds is 3. The van der Waals surface area contributed by atoms with Crippen LogP contribution in [-0.2, 0) is 10.2 Å². The van der Waals surface area contributed by atoms with Crippen molar-refractivity contribution in [3.63, 3.8) is 0 Å². The molecule has 0 aliphatic rings. The number of carbonyl (C=O) groups is 1. The van der Waals surface area contributed by atoms with E-state index in [9.17, 15) is 4.79 Å². The van der Waals surface area contributed by atoms with Gasteiger partial charge in [0.25, 0.3) is 5.91 Å². The molecule has 0 saturated carbocycles. The molecule has 6 nitrogen and oxygen atoms in total. The molecular weight excluding hydrogens is 371 g/mol. The number of pyridine rings is 1. The van der Waals surface area contributed by atoms with Gasteiger partial charge >= 0.3 is 0 Å². The molecule has 20 heavy (non-hydrogen) atoms. The van der Waals surface area contributed by atoms with Crippen LogP contribution in [0, 0.1) is 3.57 Å². The molecule has 0 unspecified atom stereocenters. The van der Waals surface area contributed by atoms with E-state index >= 15 is 0 Å². The second-order valence-electron chi connectivity index (χ2n) is 5.52. The Bertz CT molecular complexity index is 646. The molecule has 0 aromatic carbocycles. The number of nitrogens with one attached hydrogen (secondary N) is 2. The number of hydrogen-bond acceptors (Lipinski definition) is 4. The fourth-order valence-electron chi connectivity index (χ4n) is 1.91. The summed E-state index contributed by atoms with van der Waals surface area (Å²) in [6, 6.07) is 3.92. The molecule has 7 heteroatoms. The maximum atomic E-state index is 11.2. The Morgan fingerprint density at radius 1 is 1.45 bits per heavy atom. The molecule has 0 bridgehead atoms. The molecule has 0 spiro atoms. The molecular formula is C13H17IN4O2. The summed E-state index contributed by atoms with van der Waals surface area (Å²) in [5, 5.41) is 11.6. The van der Waals surface area contributed by atoms with Crippen molar-refractivity contribution in [1.29, 1.82) is 0 Å². The fraction of sp³-hybridized carbons (Fsp3) is 0.385. The first-order chi connectivity index (χ1) is 9.32. The highest BCUT2D eigenvalue weighted by molar-refractivity contribution is 14.1. The van der Waals surface area contributed by atoms with Crippen molar-refractivity contribution in [1.82, 2.24) is 14.9 Å². The first-order valence-corrected chi connectivity index (χ1v) is 7.25. The highest BCUT2D eigenvalue weighted by atomic mass is 127. The van der Waals surface area contributed by atoms with Crippen LogP contribution in [0.25, 0.3) is 5.65 Å². The standard InChI is InChI=1S/C13H17IN4O2/c1-13(2,3)11-12(15-6-10(19)17-20)18-7-8(14)4-5-9(18)16-11/h4-5,7,15,20H,6H2,1-3H3,(H,17,19). The monoisotopic (exact) mass is 388 g/mol. The molecule has 1 amide bonds. The van der Waals surface area contributed by atoms with Gasteiger partial charge in [0.2, 0.25) is 0 Å². The number of anilines is 1. The van der Waals surface area contributed by atoms with E-state index in [-0.39, 0.29) is 12.0 Å². The van der Waals surface area contributed by atoms with Crippen LogP contribution in [0.1, 0.15) is 26.5 Å². The van der Waals surface area contributed by atoms with Gasteiger partial charge in [-0.15, -0.1) is 0 Å². The minimum absolute atomic E-state index is 0.0150. The smallest absolute Gasteiger partial charge is 0.262 e. The summed E-state index contributed by atoms with van der Waals surface area (Å²) in [6.45, 7) is 6.18. The Kier molecular flexibility index (Phi) is 4.19. The number of nitrogens with zero attached hydrogens (tertiary/aromatic N) is 2. The Morgan fingerprint density at radius 2 is 2.15 bits per heavy atom. The molecule has 0 saturated heterocycles. The van der Waals surface area contributed by atoms with Gasteiger partial charge in [-0.25, -0.2) is 10.5 Å². The summed E-state index contributed by atoms with van der Waals surface area (Å²) >= 11 is 2.23. The maximum absolute atomic E-state index is 11.2. The zero-order chi connectivity index (χ0) is 14.9. The van der Waals surface area contributed by atoms with Gasteiger partial charge in [0, 0.05) is 15.2 Å². The lowest BCUT2D eigenvalue weighted by atomic mass is 9.92. The average molecular weight is 388 g/mol. The SMILES string of the molecule is CC(C)(C)c1nc2ccc(I)cn2c1NCC(=O)NO. The fourth-order valence-corrected chi connectivity index (χ4v) is 2.37. The van der Waals surface area contributed by atoms with Crippen LogP contribution in [0.4, 0.5) is 5.82 Å². The van der Waals surface area contributed by atoms with Gasteiger partial charge in [-0.05, 0) is 34.7 Å². The highest BCUT2D eigenvalue weighted by Crippen LogP contribution is 2.30. The lowest BCUT2D eigenvalue weighted by molar-refractivity contribution is -0.127. The number of carbonyl (C=O) groups excluding carboxylic acids is 1. The van der Waals surface area contributed by atoms with Crippen LogP contribution in [0.3, 0.4) is 0 Å². The van der Waals surface area contributed by atoms with Crippen molar-refractivity contribution in [2.45, 2.75) is 26.2 Å². The number of aromatic nitrogens is 2. The third-order valence-corrected chi connectivity index (χ3v) is 3.47. The molecule has 3 N–H and O–H groups in total. The molecule has 0 radical (unpaired) electrons. The number of hydrogen-bond donors (Lipinski definition) is 3. The van der Waals surface area contributed by atoms with Gasteiger partial charge < -0.3 is 5.32 Å². The van der Waals surface area contributed by atoms with Gasteiger partial charge in [-0.3, -0.25) is 14.4 Å². The summed E-state index contributed by atoms with van der Waals surface area (Å²) in [4.78, 5) is 15.8. The third kappa shape index (κ3) is 3.04. The highest BCUT2D eigenvalue weighted by Gasteiger charge is 2.24. The van der Waals surface area contributed by atoms with E-state index in [0.29, 0.717) is 0 Å². The average Bonchev–Trinajstić information content (AvgIpc) is 2.73. The van der Waals surface area contributed by atoms with E-state index in [0.717, 1.165) is 20.7 Å². The number of amides is 1. The Hall–Kier alpha value is -1.35. The Morgan fingerprint density at radius 3 is 2.75 bits per heavy atom. The van der Waals surface area contributed by atoms with E-state index in [1.807, 2.05) is 22.7 Å². The minimum Gasteiger partial charge on any atom is -0.360 e. The van der Waals surface area contributed by atoms with E-state index in [1.165, 1.54) is 0 Å². The Labute approximate surface area is 130 Å². The van der Waals surface area contributed by atoms with Crippen molar-refractivity contribution in [2.24, 2.45) is 0 Å². The lowest BCUT2D eigenvalue weighted by Gasteiger charge is -2.18. The van der Waals surface area contributed by atoms with Crippen molar-refractivity contribution in [2.75, 3.05) is 11.9 Å². The van der Waals surface area contributed by atoms with Gasteiger partial charge in [0.05, 0.1) is 12.2 Å². The maximum Gasteiger partial charge on any atom is 0.262 e. The van der Waals surface area contributed by atoms with Crippen LogP contribution >= 0.6 is 22.6 Å². The first kappa shape index (κ1) is 15.0. The normalized spacial score (nSPS) is 11.7. The first-order valence-electron chi connectivity index (χ1n) is 6.18. The predicted octanol–water partition coefficient (Wildman–Crippen LogP) is 2.15. The largest absolute Gasteiger partial charge is 0.360 e. The zero-order valence-electron chi connectivity index (χ0n) is 11.6. The summed E-state index contributed by atoms with van der Waals surface area (Å²) in [7, 11) is 0. The zero-order valence-corrected chi connectivity index (χ0v) is 13.7. The van der Waals surface area contributed by atoms with E-state index < -0.39 is 5.91 Å². The molecule has 0 aliphatic carbocycles. The molecule has 0 atom stereocenters. The van der Waals surface area contributed by atoms with Crippen LogP contribution in [-0.4, -0.2) is 27.0 Å². The second kappa shape index (κ2) is 5.57. The molecule has 0 aliphatic heterocycles. The van der Waals surface area contributed by atoms with Gasteiger partial charge in [0.15, 0.2) is 0 Å². The van der Waals surface area contributed by atoms with Crippen molar-refractivity contribution in [3.05, 3.63) is 27.6 Å². The number of hydroxylamine groups is 1. The summed E-state index contributed by atoms with van der Waals surface area (Å²) in [5.74, 6) is 0.278. The van der Waals surface area contributed by atoms with Gasteiger partial charge in [-0.1, -0.05) is 20.8 Å². The van der Waals surface area contributed by atoms with Crippen LogP contribution in [0.5, 0.6) is 0 Å². The predicted molar refractivity (Wildman–Crippen MR) is 85.0 cm³/mol. The lowest BCUT2D eigenvalue weighted by Crippen LogP contribution is -2.28. The number of imidazole rings is 1. The molecule has 108 valence electrons. The molecule has 2 aromatic heterocycles. The van der Waals surface area contributed by atoms with E-state index in [2.05, 4.69) is 53.7 Å². The van der Waals surface area contributed by atoms with E-state index in [1.54, 1.807) is 5.48 Å². The third-order valence-electron chi connectivity index (χ3n) is 2.83. The van der Waals surface area contributed by atoms with E-state index in [4.69, 9.17) is 5.21 Å². The Balaban J connectivity index is 2.51. The quantitative estimate of drug-likeness (QED) is 0.428. The van der Waals surface area contributed by atoms with Crippen LogP contribution in [0.2, 0.25) is 0 Å². The summed E-state index contributed by atoms with van der Waals surface area (Å²) in [5.41, 5.74) is 3.16.